The van der Waals surface area contributed by atoms with Crippen molar-refractivity contribution >= 4 is 34.9 Å². The number of hydrogen-bond donors (Lipinski definition) is 5. The average molecular weight is 924 g/mol. The van der Waals surface area contributed by atoms with Gasteiger partial charge in [0.15, 0.2) is 11.7 Å². The molecule has 362 valence electrons. The molecule has 0 unspecified atom stereocenters. The van der Waals surface area contributed by atoms with Crippen LogP contribution in [0.4, 0.5) is 5.82 Å². The Balaban J connectivity index is 0.000000259. The molecule has 4 aromatic rings. The number of aromatic nitrogens is 6. The van der Waals surface area contributed by atoms with E-state index in [0.717, 1.165) is 94.2 Å². The molecule has 0 atom stereocenters. The van der Waals surface area contributed by atoms with Gasteiger partial charge in [0.1, 0.15) is 34.6 Å². The van der Waals surface area contributed by atoms with Gasteiger partial charge in [-0.05, 0) is 129 Å². The van der Waals surface area contributed by atoms with Gasteiger partial charge < -0.3 is 25.4 Å². The SMILES string of the molecule is C=C(/C=C\C=C(/C)c1nnc2n1CCC2)NC(=O)c1cc2c(cn1)CCN(C/C(=C\C)C1(CC)CCCC1)C2.CC.N=C1CCCN1C(=N)c1cccc(NC(=O)c2cc3c(cn2)CCNC3)n1.[HH].[HH]. The molecule has 4 aliphatic heterocycles. The van der Waals surface area contributed by atoms with Crippen LogP contribution in [0.1, 0.15) is 149 Å². The molecular formula is C53H73N13O2. The van der Waals surface area contributed by atoms with E-state index in [1.807, 2.05) is 51.3 Å². The minimum absolute atomic E-state index is 0. The molecule has 15 heteroatoms. The zero-order valence-corrected chi connectivity index (χ0v) is 40.7. The van der Waals surface area contributed by atoms with E-state index in [4.69, 9.17) is 10.8 Å². The first-order chi connectivity index (χ1) is 33.0. The number of allylic oxidation sites excluding steroid dienone is 5. The Labute approximate surface area is 404 Å². The number of aryl methyl sites for hydroxylation is 1. The summed E-state index contributed by atoms with van der Waals surface area (Å²) >= 11 is 0. The molecule has 4 aromatic heterocycles. The Morgan fingerprint density at radius 2 is 1.65 bits per heavy atom. The fourth-order valence-corrected chi connectivity index (χ4v) is 9.95. The van der Waals surface area contributed by atoms with Crippen LogP contribution in [0.25, 0.3) is 5.57 Å². The molecule has 0 aromatic carbocycles. The van der Waals surface area contributed by atoms with Crippen LogP contribution in [0.5, 0.6) is 0 Å². The number of anilines is 1. The van der Waals surface area contributed by atoms with Gasteiger partial charge in [-0.1, -0.05) is 70.1 Å². The molecule has 9 rings (SSSR count). The molecule has 68 heavy (non-hydrogen) atoms. The van der Waals surface area contributed by atoms with E-state index < -0.39 is 0 Å². The lowest BCUT2D eigenvalue weighted by atomic mass is 9.75. The minimum atomic E-state index is -0.325. The summed E-state index contributed by atoms with van der Waals surface area (Å²) in [4.78, 5) is 42.8. The Morgan fingerprint density at radius 1 is 0.912 bits per heavy atom. The molecule has 1 saturated heterocycles. The van der Waals surface area contributed by atoms with Gasteiger partial charge in [0.25, 0.3) is 11.8 Å². The van der Waals surface area contributed by atoms with E-state index in [9.17, 15) is 9.59 Å². The smallest absolute Gasteiger partial charge is 0.275 e. The summed E-state index contributed by atoms with van der Waals surface area (Å²) in [5.74, 6) is 2.39. The van der Waals surface area contributed by atoms with Crippen LogP contribution in [0.15, 0.2) is 84.9 Å². The zero-order valence-electron chi connectivity index (χ0n) is 40.7. The van der Waals surface area contributed by atoms with Crippen molar-refractivity contribution in [2.75, 3.05) is 31.5 Å². The van der Waals surface area contributed by atoms with Crippen LogP contribution in [0.2, 0.25) is 0 Å². The molecule has 5 aliphatic rings. The Morgan fingerprint density at radius 3 is 2.38 bits per heavy atom. The number of hydrogen-bond acceptors (Lipinski definition) is 11. The van der Waals surface area contributed by atoms with Crippen LogP contribution in [0.3, 0.4) is 0 Å². The lowest BCUT2D eigenvalue weighted by Crippen LogP contribution is -2.36. The summed E-state index contributed by atoms with van der Waals surface area (Å²) in [7, 11) is 0. The number of carbonyl (C=O) groups excluding carboxylic acids is 2. The second-order valence-electron chi connectivity index (χ2n) is 18.0. The highest BCUT2D eigenvalue weighted by Gasteiger charge is 2.36. The third-order valence-corrected chi connectivity index (χ3v) is 13.8. The van der Waals surface area contributed by atoms with Crippen LogP contribution in [0, 0.1) is 16.2 Å². The first-order valence-corrected chi connectivity index (χ1v) is 24.6. The summed E-state index contributed by atoms with van der Waals surface area (Å²) in [6.07, 6.45) is 23.8. The number of fused-ring (bicyclic) bond motifs is 3. The maximum absolute atomic E-state index is 13.0. The zero-order chi connectivity index (χ0) is 48.2. The molecule has 2 amide bonds. The normalized spacial score (nSPS) is 17.6. The first-order valence-electron chi connectivity index (χ1n) is 24.6. The maximum atomic E-state index is 13.0. The van der Waals surface area contributed by atoms with Crippen molar-refractivity contribution in [1.82, 2.24) is 50.1 Å². The molecule has 1 saturated carbocycles. The number of pyridine rings is 3. The van der Waals surface area contributed by atoms with Crippen LogP contribution >= 0.6 is 0 Å². The van der Waals surface area contributed by atoms with Crippen molar-refractivity contribution in [3.8, 4) is 0 Å². The van der Waals surface area contributed by atoms with Crippen molar-refractivity contribution in [2.45, 2.75) is 125 Å². The third kappa shape index (κ3) is 11.6. The fraction of sp³-hybridized carbons (Fsp3) is 0.453. The fourth-order valence-electron chi connectivity index (χ4n) is 9.95. The predicted molar refractivity (Wildman–Crippen MR) is 274 cm³/mol. The van der Waals surface area contributed by atoms with Crippen LogP contribution in [-0.2, 0) is 38.9 Å². The van der Waals surface area contributed by atoms with E-state index in [0.29, 0.717) is 52.8 Å². The largest absolute Gasteiger partial charge is 0.321 e. The summed E-state index contributed by atoms with van der Waals surface area (Å²) in [5.41, 5.74) is 9.47. The predicted octanol–water partition coefficient (Wildman–Crippen LogP) is 9.09. The van der Waals surface area contributed by atoms with Gasteiger partial charge in [-0.3, -0.25) is 35.3 Å². The number of amides is 2. The Hall–Kier alpha value is -6.45. The van der Waals surface area contributed by atoms with Crippen molar-refractivity contribution in [3.05, 3.63) is 136 Å². The molecular weight excluding hydrogens is 851 g/mol. The number of likely N-dealkylation sites (tertiary alicyclic amines) is 1. The van der Waals surface area contributed by atoms with Crippen LogP contribution < -0.4 is 16.0 Å². The highest BCUT2D eigenvalue weighted by molar-refractivity contribution is 6.07. The standard InChI is InChI=1S/C32H42N6O.C19H21N7O.C2H6.2H2/c1-5-27(32(6-2)15-7-8-16-32)22-37-18-14-25-20-33-28(19-26(25)21-37)31(39)34-24(4)12-9-11-23(3)30-36-35-29-13-10-17-38(29)30;20-16-4-2-8-26(16)18(21)14-3-1-5-17(24-14)25-19(27)15-9-13-10-22-7-6-12(13)11-23-15;1-2;;/h5,9,11-12,19-20H,4,6-8,10,13-18,21-22H2,1-3H3,(H,34,39);1,3,5,9,11,20-22H,2,4,6-8,10H2,(H,24,25,27);1-2H3;2*1H/b12-9-,23-11+,27-5+;;;;. The lowest BCUT2D eigenvalue weighted by Gasteiger charge is -2.36. The van der Waals surface area contributed by atoms with E-state index in [1.165, 1.54) is 48.8 Å². The second-order valence-corrected chi connectivity index (χ2v) is 18.0. The van der Waals surface area contributed by atoms with Gasteiger partial charge in [-0.2, -0.15) is 0 Å². The maximum Gasteiger partial charge on any atom is 0.275 e. The molecule has 0 bridgehead atoms. The molecule has 8 heterocycles. The highest BCUT2D eigenvalue weighted by Crippen LogP contribution is 2.47. The summed E-state index contributed by atoms with van der Waals surface area (Å²) in [6.45, 7) is 20.8. The van der Waals surface area contributed by atoms with Gasteiger partial charge in [-0.15, -0.1) is 10.2 Å². The molecule has 0 spiro atoms. The quantitative estimate of drug-likeness (QED) is 0.0396. The van der Waals surface area contributed by atoms with Gasteiger partial charge >= 0.3 is 0 Å². The third-order valence-electron chi connectivity index (χ3n) is 13.8. The second kappa shape index (κ2) is 23.0. The van der Waals surface area contributed by atoms with Gasteiger partial charge in [0.2, 0.25) is 0 Å². The van der Waals surface area contributed by atoms with Crippen molar-refractivity contribution in [1.29, 1.82) is 10.8 Å². The van der Waals surface area contributed by atoms with Crippen molar-refractivity contribution < 1.29 is 12.4 Å². The van der Waals surface area contributed by atoms with Crippen molar-refractivity contribution in [2.24, 2.45) is 5.41 Å². The average Bonchev–Trinajstić information content (AvgIpc) is 4.21. The van der Waals surface area contributed by atoms with E-state index >= 15 is 0 Å². The summed E-state index contributed by atoms with van der Waals surface area (Å²) in [5, 5.41) is 33.7. The number of nitrogens with one attached hydrogen (secondary N) is 5. The van der Waals surface area contributed by atoms with Gasteiger partial charge in [0.05, 0.1) is 0 Å². The lowest BCUT2D eigenvalue weighted by molar-refractivity contribution is 0.0961. The molecule has 5 N–H and O–H groups in total. The number of nitrogens with zero attached hydrogens (tertiary/aromatic N) is 8. The number of rotatable bonds is 12. The number of carbonyl (C=O) groups is 2. The van der Waals surface area contributed by atoms with Crippen molar-refractivity contribution in [3.63, 3.8) is 0 Å². The molecule has 1 aliphatic carbocycles. The monoisotopic (exact) mass is 924 g/mol. The van der Waals surface area contributed by atoms with Crippen LogP contribution in [-0.4, -0.2) is 89.2 Å². The van der Waals surface area contributed by atoms with E-state index in [-0.39, 0.29) is 20.5 Å². The molecule has 15 nitrogen and oxygen atoms in total. The highest BCUT2D eigenvalue weighted by atomic mass is 16.2. The molecule has 2 fully saturated rings. The van der Waals surface area contributed by atoms with E-state index in [1.54, 1.807) is 40.9 Å². The number of amidine groups is 2. The Kier molecular flexibility index (Phi) is 16.8. The van der Waals surface area contributed by atoms with E-state index in [2.05, 4.69) is 77.1 Å². The first kappa shape index (κ1) is 49.5. The topological polar surface area (TPSA) is 194 Å². The van der Waals surface area contributed by atoms with Gasteiger partial charge in [0, 0.05) is 73.1 Å². The van der Waals surface area contributed by atoms with Gasteiger partial charge in [-0.25, -0.2) is 4.98 Å². The summed E-state index contributed by atoms with van der Waals surface area (Å²) < 4.78 is 2.18. The minimum Gasteiger partial charge on any atom is -0.321 e. The molecule has 0 radical (unpaired) electrons. The Bertz CT molecular complexity index is 2610. The summed E-state index contributed by atoms with van der Waals surface area (Å²) in [6, 6.07) is 8.92.